The van der Waals surface area contributed by atoms with E-state index in [0.29, 0.717) is 17.3 Å². The van der Waals surface area contributed by atoms with Crippen LogP contribution in [-0.2, 0) is 4.79 Å². The standard InChI is InChI=1S/C14H17BrFN3O2/c15-9-4-5-10(16)11(8-9)18-13(20)14(12(17)19-21)6-2-1-3-7-14/h4-5,8,21H,1-3,6-7H2,(H2,17,19)(H,18,20). The average molecular weight is 358 g/mol. The minimum Gasteiger partial charge on any atom is -0.409 e. The highest BCUT2D eigenvalue weighted by atomic mass is 79.9. The van der Waals surface area contributed by atoms with Gasteiger partial charge in [0.1, 0.15) is 11.2 Å². The summed E-state index contributed by atoms with van der Waals surface area (Å²) in [7, 11) is 0. The van der Waals surface area contributed by atoms with Crippen molar-refractivity contribution in [2.75, 3.05) is 5.32 Å². The van der Waals surface area contributed by atoms with Crippen molar-refractivity contribution in [2.45, 2.75) is 32.1 Å². The molecule has 0 radical (unpaired) electrons. The lowest BCUT2D eigenvalue weighted by Crippen LogP contribution is -2.48. The van der Waals surface area contributed by atoms with E-state index in [1.165, 1.54) is 12.1 Å². The number of carbonyl (C=O) groups excluding carboxylic acids is 1. The fourth-order valence-corrected chi connectivity index (χ4v) is 3.05. The molecule has 1 aromatic rings. The molecule has 1 fully saturated rings. The highest BCUT2D eigenvalue weighted by Crippen LogP contribution is 2.38. The topological polar surface area (TPSA) is 87.7 Å². The molecule has 5 nitrogen and oxygen atoms in total. The lowest BCUT2D eigenvalue weighted by Gasteiger charge is -2.34. The molecule has 1 aliphatic carbocycles. The van der Waals surface area contributed by atoms with Gasteiger partial charge >= 0.3 is 0 Å². The fraction of sp³-hybridized carbons (Fsp3) is 0.429. The second kappa shape index (κ2) is 6.43. The molecule has 1 aliphatic rings. The number of nitrogens with two attached hydrogens (primary N) is 1. The van der Waals surface area contributed by atoms with Crippen LogP contribution in [0.5, 0.6) is 0 Å². The quantitative estimate of drug-likeness (QED) is 0.336. The van der Waals surface area contributed by atoms with Gasteiger partial charge < -0.3 is 16.3 Å². The Balaban J connectivity index is 2.29. The summed E-state index contributed by atoms with van der Waals surface area (Å²) in [6, 6.07) is 4.29. The Morgan fingerprint density at radius 3 is 2.67 bits per heavy atom. The number of rotatable bonds is 3. The van der Waals surface area contributed by atoms with E-state index in [2.05, 4.69) is 26.4 Å². The number of benzene rings is 1. The average Bonchev–Trinajstić information content (AvgIpc) is 2.50. The van der Waals surface area contributed by atoms with Crippen molar-refractivity contribution in [3.05, 3.63) is 28.5 Å². The molecule has 114 valence electrons. The third kappa shape index (κ3) is 3.18. The van der Waals surface area contributed by atoms with Gasteiger partial charge in [-0.1, -0.05) is 40.3 Å². The number of nitrogens with one attached hydrogen (secondary N) is 1. The van der Waals surface area contributed by atoms with Gasteiger partial charge in [0.25, 0.3) is 0 Å². The molecule has 1 saturated carbocycles. The Bertz CT molecular complexity index is 571. The van der Waals surface area contributed by atoms with Crippen LogP contribution in [-0.4, -0.2) is 17.0 Å². The number of halogens is 2. The first-order valence-corrected chi connectivity index (χ1v) is 7.53. The van der Waals surface area contributed by atoms with Crippen LogP contribution in [0.1, 0.15) is 32.1 Å². The largest absolute Gasteiger partial charge is 0.409 e. The van der Waals surface area contributed by atoms with Gasteiger partial charge in [-0.15, -0.1) is 0 Å². The van der Waals surface area contributed by atoms with E-state index in [9.17, 15) is 9.18 Å². The Kier molecular flexibility index (Phi) is 4.82. The van der Waals surface area contributed by atoms with Crippen LogP contribution in [0, 0.1) is 11.2 Å². The molecule has 0 heterocycles. The van der Waals surface area contributed by atoms with Gasteiger partial charge in [-0.3, -0.25) is 4.79 Å². The predicted octanol–water partition coefficient (Wildman–Crippen LogP) is 3.22. The zero-order valence-corrected chi connectivity index (χ0v) is 13.0. The molecule has 0 unspecified atom stereocenters. The SMILES string of the molecule is NC(=NO)C1(C(=O)Nc2cc(Br)ccc2F)CCCCC1. The van der Waals surface area contributed by atoms with Crippen molar-refractivity contribution in [1.29, 1.82) is 0 Å². The predicted molar refractivity (Wildman–Crippen MR) is 81.7 cm³/mol. The lowest BCUT2D eigenvalue weighted by atomic mass is 9.72. The van der Waals surface area contributed by atoms with Crippen molar-refractivity contribution >= 4 is 33.4 Å². The van der Waals surface area contributed by atoms with Gasteiger partial charge in [-0.2, -0.15) is 0 Å². The number of oxime groups is 1. The maximum Gasteiger partial charge on any atom is 0.238 e. The zero-order valence-electron chi connectivity index (χ0n) is 11.4. The molecule has 1 aromatic carbocycles. The zero-order chi connectivity index (χ0) is 15.5. The number of hydrogen-bond acceptors (Lipinski definition) is 3. The van der Waals surface area contributed by atoms with Crippen LogP contribution in [0.3, 0.4) is 0 Å². The number of hydrogen-bond donors (Lipinski definition) is 3. The normalized spacial score (nSPS) is 18.3. The summed E-state index contributed by atoms with van der Waals surface area (Å²) in [5, 5.41) is 14.5. The van der Waals surface area contributed by atoms with E-state index in [4.69, 9.17) is 10.9 Å². The van der Waals surface area contributed by atoms with Crippen molar-refractivity contribution in [3.63, 3.8) is 0 Å². The van der Waals surface area contributed by atoms with Crippen LogP contribution in [0.25, 0.3) is 0 Å². The molecule has 0 atom stereocenters. The van der Waals surface area contributed by atoms with Crippen molar-refractivity contribution < 1.29 is 14.4 Å². The molecular formula is C14H17BrFN3O2. The van der Waals surface area contributed by atoms with Crippen molar-refractivity contribution in [1.82, 2.24) is 0 Å². The fourth-order valence-electron chi connectivity index (χ4n) is 2.69. The second-order valence-electron chi connectivity index (χ2n) is 5.21. The highest BCUT2D eigenvalue weighted by Gasteiger charge is 2.44. The molecule has 1 amide bonds. The monoisotopic (exact) mass is 357 g/mol. The van der Waals surface area contributed by atoms with Gasteiger partial charge in [-0.25, -0.2) is 4.39 Å². The smallest absolute Gasteiger partial charge is 0.238 e. The minimum absolute atomic E-state index is 0.0741. The van der Waals surface area contributed by atoms with Crippen LogP contribution in [0.15, 0.2) is 27.8 Å². The Morgan fingerprint density at radius 1 is 1.38 bits per heavy atom. The van der Waals surface area contributed by atoms with Crippen molar-refractivity contribution in [3.8, 4) is 0 Å². The van der Waals surface area contributed by atoms with Gasteiger partial charge in [0, 0.05) is 4.47 Å². The Hall–Kier alpha value is -1.63. The second-order valence-corrected chi connectivity index (χ2v) is 6.12. The summed E-state index contributed by atoms with van der Waals surface area (Å²) in [6.45, 7) is 0. The third-order valence-electron chi connectivity index (χ3n) is 3.92. The summed E-state index contributed by atoms with van der Waals surface area (Å²) < 4.78 is 14.4. The van der Waals surface area contributed by atoms with Gasteiger partial charge in [0.15, 0.2) is 5.84 Å². The Morgan fingerprint density at radius 2 is 2.05 bits per heavy atom. The summed E-state index contributed by atoms with van der Waals surface area (Å²) in [5.74, 6) is -1.08. The summed E-state index contributed by atoms with van der Waals surface area (Å²) >= 11 is 3.23. The molecule has 7 heteroatoms. The number of amides is 1. The number of amidine groups is 1. The van der Waals surface area contributed by atoms with E-state index in [1.54, 1.807) is 6.07 Å². The van der Waals surface area contributed by atoms with Gasteiger partial charge in [0.05, 0.1) is 5.69 Å². The number of carbonyl (C=O) groups is 1. The first-order chi connectivity index (χ1) is 9.99. The number of nitrogens with zero attached hydrogens (tertiary/aromatic N) is 1. The van der Waals surface area contributed by atoms with E-state index in [1.807, 2.05) is 0 Å². The van der Waals surface area contributed by atoms with Crippen LogP contribution in [0.4, 0.5) is 10.1 Å². The molecule has 21 heavy (non-hydrogen) atoms. The maximum atomic E-state index is 13.8. The molecular weight excluding hydrogens is 341 g/mol. The lowest BCUT2D eigenvalue weighted by molar-refractivity contribution is -0.123. The third-order valence-corrected chi connectivity index (χ3v) is 4.41. The van der Waals surface area contributed by atoms with E-state index in [0.717, 1.165) is 19.3 Å². The summed E-state index contributed by atoms with van der Waals surface area (Å²) in [6.07, 6.45) is 3.60. The first-order valence-electron chi connectivity index (χ1n) is 6.74. The van der Waals surface area contributed by atoms with Crippen LogP contribution >= 0.6 is 15.9 Å². The van der Waals surface area contributed by atoms with Crippen molar-refractivity contribution in [2.24, 2.45) is 16.3 Å². The molecule has 4 N–H and O–H groups in total. The Labute approximate surface area is 130 Å². The number of anilines is 1. The summed E-state index contributed by atoms with van der Waals surface area (Å²) in [5.41, 5.74) is 4.75. The van der Waals surface area contributed by atoms with E-state index in [-0.39, 0.29) is 11.5 Å². The molecule has 0 aliphatic heterocycles. The molecule has 0 spiro atoms. The molecule has 2 rings (SSSR count). The molecule has 0 aromatic heterocycles. The minimum atomic E-state index is -1.07. The van der Waals surface area contributed by atoms with Crippen LogP contribution < -0.4 is 11.1 Å². The van der Waals surface area contributed by atoms with Gasteiger partial charge in [0.2, 0.25) is 5.91 Å². The molecule has 0 bridgehead atoms. The van der Waals surface area contributed by atoms with E-state index >= 15 is 0 Å². The van der Waals surface area contributed by atoms with Gasteiger partial charge in [-0.05, 0) is 31.0 Å². The van der Waals surface area contributed by atoms with E-state index < -0.39 is 17.1 Å². The first kappa shape index (κ1) is 15.8. The molecule has 0 saturated heterocycles. The summed E-state index contributed by atoms with van der Waals surface area (Å²) in [4.78, 5) is 12.6. The highest BCUT2D eigenvalue weighted by molar-refractivity contribution is 9.10. The van der Waals surface area contributed by atoms with Crippen LogP contribution in [0.2, 0.25) is 0 Å². The maximum absolute atomic E-state index is 13.8.